The molecule has 0 saturated heterocycles. The topological polar surface area (TPSA) is 81.2 Å². The molecule has 0 aliphatic carbocycles. The Balaban J connectivity index is 2.21. The van der Waals surface area contributed by atoms with Crippen LogP contribution in [0.15, 0.2) is 35.3 Å². The van der Waals surface area contributed by atoms with Gasteiger partial charge in [0.2, 0.25) is 5.82 Å². The number of anilines is 1. The van der Waals surface area contributed by atoms with E-state index in [2.05, 4.69) is 10.3 Å². The normalized spacial score (nSPS) is 10.2. The Kier molecular flexibility index (Phi) is 3.04. The molecule has 0 saturated carbocycles. The van der Waals surface area contributed by atoms with Gasteiger partial charge in [0.1, 0.15) is 0 Å². The zero-order valence-corrected chi connectivity index (χ0v) is 9.21. The van der Waals surface area contributed by atoms with Crippen molar-refractivity contribution in [1.29, 1.82) is 0 Å². The summed E-state index contributed by atoms with van der Waals surface area (Å²) in [6, 6.07) is 3.40. The highest BCUT2D eigenvalue weighted by molar-refractivity contribution is 5.59. The smallest absolute Gasteiger partial charge is 0.314 e. The number of hydrogen-bond acceptors (Lipinski definition) is 5. The highest BCUT2D eigenvalue weighted by Gasteiger charge is 2.17. The van der Waals surface area contributed by atoms with Gasteiger partial charge in [-0.1, -0.05) is 0 Å². The van der Waals surface area contributed by atoms with Gasteiger partial charge >= 0.3 is 5.69 Å². The maximum Gasteiger partial charge on any atom is 0.314 e. The molecule has 2 aromatic rings. The van der Waals surface area contributed by atoms with Gasteiger partial charge in [-0.25, -0.2) is 4.98 Å². The standard InChI is InChI=1S/C11H11N3O3/c1-8-2-4-12-11(10(8)14(15)16)13-6-9-3-5-17-7-9/h2-5,7H,6H2,1H3,(H,12,13). The largest absolute Gasteiger partial charge is 0.472 e. The lowest BCUT2D eigenvalue weighted by Gasteiger charge is -2.05. The molecule has 0 amide bonds. The van der Waals surface area contributed by atoms with Crippen LogP contribution < -0.4 is 5.32 Å². The van der Waals surface area contributed by atoms with Crippen LogP contribution in [0, 0.1) is 17.0 Å². The fourth-order valence-corrected chi connectivity index (χ4v) is 1.49. The summed E-state index contributed by atoms with van der Waals surface area (Å²) in [5.74, 6) is 0.274. The maximum absolute atomic E-state index is 10.9. The van der Waals surface area contributed by atoms with E-state index in [1.54, 1.807) is 37.8 Å². The van der Waals surface area contributed by atoms with Crippen LogP contribution >= 0.6 is 0 Å². The lowest BCUT2D eigenvalue weighted by atomic mass is 10.2. The molecule has 0 unspecified atom stereocenters. The fourth-order valence-electron chi connectivity index (χ4n) is 1.49. The van der Waals surface area contributed by atoms with Crippen LogP contribution in [-0.4, -0.2) is 9.91 Å². The highest BCUT2D eigenvalue weighted by Crippen LogP contribution is 2.25. The van der Waals surface area contributed by atoms with Gasteiger partial charge in [-0.3, -0.25) is 10.1 Å². The Labute approximate surface area is 97.4 Å². The number of nitrogens with zero attached hydrogens (tertiary/aromatic N) is 2. The van der Waals surface area contributed by atoms with E-state index in [-0.39, 0.29) is 11.5 Å². The third-order valence-corrected chi connectivity index (χ3v) is 2.35. The average molecular weight is 233 g/mol. The fraction of sp³-hybridized carbons (Fsp3) is 0.182. The second-order valence-corrected chi connectivity index (χ2v) is 3.57. The van der Waals surface area contributed by atoms with Gasteiger partial charge in [-0.2, -0.15) is 0 Å². The molecule has 0 fully saturated rings. The first kappa shape index (κ1) is 11.1. The Morgan fingerprint density at radius 1 is 1.53 bits per heavy atom. The third kappa shape index (κ3) is 2.41. The molecule has 0 atom stereocenters. The van der Waals surface area contributed by atoms with Gasteiger partial charge in [0.15, 0.2) is 0 Å². The number of nitrogens with one attached hydrogen (secondary N) is 1. The van der Waals surface area contributed by atoms with Crippen molar-refractivity contribution in [3.63, 3.8) is 0 Å². The predicted octanol–water partition coefficient (Wildman–Crippen LogP) is 2.50. The van der Waals surface area contributed by atoms with E-state index in [1.807, 2.05) is 0 Å². The summed E-state index contributed by atoms with van der Waals surface area (Å²) in [5.41, 5.74) is 1.50. The number of aryl methyl sites for hydroxylation is 1. The second kappa shape index (κ2) is 4.65. The van der Waals surface area contributed by atoms with Crippen molar-refractivity contribution >= 4 is 11.5 Å². The number of rotatable bonds is 4. The van der Waals surface area contributed by atoms with Gasteiger partial charge in [0.05, 0.1) is 17.4 Å². The van der Waals surface area contributed by atoms with Crippen molar-refractivity contribution in [2.24, 2.45) is 0 Å². The van der Waals surface area contributed by atoms with Crippen molar-refractivity contribution in [3.05, 3.63) is 52.1 Å². The Hall–Kier alpha value is -2.37. The Bertz CT molecular complexity index is 523. The number of nitro groups is 1. The van der Waals surface area contributed by atoms with Gasteiger partial charge in [-0.05, 0) is 19.1 Å². The van der Waals surface area contributed by atoms with E-state index in [9.17, 15) is 10.1 Å². The molecule has 6 heteroatoms. The van der Waals surface area contributed by atoms with Crippen molar-refractivity contribution < 1.29 is 9.34 Å². The lowest BCUT2D eigenvalue weighted by Crippen LogP contribution is -2.05. The monoisotopic (exact) mass is 233 g/mol. The van der Waals surface area contributed by atoms with Crippen LogP contribution in [0.1, 0.15) is 11.1 Å². The van der Waals surface area contributed by atoms with Crippen LogP contribution in [0.25, 0.3) is 0 Å². The summed E-state index contributed by atoms with van der Waals surface area (Å²) in [5, 5.41) is 13.8. The molecular formula is C11H11N3O3. The molecule has 17 heavy (non-hydrogen) atoms. The van der Waals surface area contributed by atoms with Crippen LogP contribution in [0.3, 0.4) is 0 Å². The summed E-state index contributed by atoms with van der Waals surface area (Å²) in [6.07, 6.45) is 4.67. The van der Waals surface area contributed by atoms with E-state index in [1.165, 1.54) is 0 Å². The summed E-state index contributed by atoms with van der Waals surface area (Å²) in [6.45, 7) is 2.12. The second-order valence-electron chi connectivity index (χ2n) is 3.57. The number of hydrogen-bond donors (Lipinski definition) is 1. The molecule has 1 N–H and O–H groups in total. The molecule has 0 aliphatic rings. The van der Waals surface area contributed by atoms with Crippen molar-refractivity contribution in [1.82, 2.24) is 4.98 Å². The van der Waals surface area contributed by atoms with Crippen LogP contribution in [-0.2, 0) is 6.54 Å². The SMILES string of the molecule is Cc1ccnc(NCc2ccoc2)c1[N+](=O)[O-]. The molecule has 0 aromatic carbocycles. The first-order chi connectivity index (χ1) is 8.18. The minimum absolute atomic E-state index is 0.0102. The maximum atomic E-state index is 10.9. The van der Waals surface area contributed by atoms with Crippen LogP contribution in [0.2, 0.25) is 0 Å². The van der Waals surface area contributed by atoms with Gasteiger partial charge in [0, 0.05) is 23.9 Å². The number of aromatic nitrogens is 1. The molecule has 2 aromatic heterocycles. The third-order valence-electron chi connectivity index (χ3n) is 2.35. The minimum atomic E-state index is -0.431. The molecule has 88 valence electrons. The lowest BCUT2D eigenvalue weighted by molar-refractivity contribution is -0.384. The Morgan fingerprint density at radius 2 is 2.35 bits per heavy atom. The molecule has 0 spiro atoms. The van der Waals surface area contributed by atoms with Crippen molar-refractivity contribution in [3.8, 4) is 0 Å². The van der Waals surface area contributed by atoms with Gasteiger partial charge < -0.3 is 9.73 Å². The average Bonchev–Trinajstić information content (AvgIpc) is 2.78. The molecule has 0 bridgehead atoms. The zero-order chi connectivity index (χ0) is 12.3. The summed E-state index contributed by atoms with van der Waals surface area (Å²) >= 11 is 0. The van der Waals surface area contributed by atoms with E-state index in [0.29, 0.717) is 12.1 Å². The number of pyridine rings is 1. The quantitative estimate of drug-likeness (QED) is 0.648. The minimum Gasteiger partial charge on any atom is -0.472 e. The van der Waals surface area contributed by atoms with Gasteiger partial charge in [-0.15, -0.1) is 0 Å². The molecule has 0 radical (unpaired) electrons. The summed E-state index contributed by atoms with van der Waals surface area (Å²) < 4.78 is 4.91. The predicted molar refractivity (Wildman–Crippen MR) is 61.7 cm³/mol. The van der Waals surface area contributed by atoms with Crippen LogP contribution in [0.5, 0.6) is 0 Å². The van der Waals surface area contributed by atoms with Gasteiger partial charge in [0.25, 0.3) is 0 Å². The first-order valence-electron chi connectivity index (χ1n) is 5.03. The Morgan fingerprint density at radius 3 is 3.00 bits per heavy atom. The molecule has 2 rings (SSSR count). The summed E-state index contributed by atoms with van der Waals surface area (Å²) in [4.78, 5) is 14.5. The number of furan rings is 1. The molecule has 2 heterocycles. The summed E-state index contributed by atoms with van der Waals surface area (Å²) in [7, 11) is 0. The molecular weight excluding hydrogens is 222 g/mol. The van der Waals surface area contributed by atoms with Crippen molar-refractivity contribution in [2.45, 2.75) is 13.5 Å². The first-order valence-corrected chi connectivity index (χ1v) is 5.03. The van der Waals surface area contributed by atoms with Crippen molar-refractivity contribution in [2.75, 3.05) is 5.32 Å². The van der Waals surface area contributed by atoms with E-state index < -0.39 is 4.92 Å². The highest BCUT2D eigenvalue weighted by atomic mass is 16.6. The van der Waals surface area contributed by atoms with E-state index in [4.69, 9.17) is 4.42 Å². The zero-order valence-electron chi connectivity index (χ0n) is 9.21. The molecule has 0 aliphatic heterocycles. The molecule has 6 nitrogen and oxygen atoms in total. The van der Waals surface area contributed by atoms with Crippen LogP contribution in [0.4, 0.5) is 11.5 Å². The van der Waals surface area contributed by atoms with E-state index in [0.717, 1.165) is 5.56 Å². The van der Waals surface area contributed by atoms with E-state index >= 15 is 0 Å².